The molecule has 2 aliphatic rings. The topological polar surface area (TPSA) is 40.6 Å². The lowest BCUT2D eigenvalue weighted by molar-refractivity contribution is -0.123. The Balaban J connectivity index is 1.61. The molecule has 1 aliphatic carbocycles. The number of carbonyl (C=O) groups is 2. The van der Waals surface area contributed by atoms with E-state index >= 15 is 0 Å². The molecule has 4 heteroatoms. The molecule has 0 radical (unpaired) electrons. The average molecular weight is 348 g/mol. The van der Waals surface area contributed by atoms with Crippen molar-refractivity contribution >= 4 is 17.5 Å². The minimum absolute atomic E-state index is 0.0789. The summed E-state index contributed by atoms with van der Waals surface area (Å²) in [5.41, 5.74) is 4.01. The lowest BCUT2D eigenvalue weighted by atomic mass is 10.1. The van der Waals surface area contributed by atoms with Gasteiger partial charge in [0.2, 0.25) is 5.91 Å². The summed E-state index contributed by atoms with van der Waals surface area (Å²) in [5, 5.41) is 0. The molecular weight excluding hydrogens is 324 g/mol. The number of hydrogen-bond acceptors (Lipinski definition) is 3. The van der Waals surface area contributed by atoms with Gasteiger partial charge in [0.15, 0.2) is 0 Å². The van der Waals surface area contributed by atoms with E-state index in [2.05, 4.69) is 17.0 Å². The van der Waals surface area contributed by atoms with Crippen molar-refractivity contribution in [1.82, 2.24) is 4.90 Å². The van der Waals surface area contributed by atoms with Crippen LogP contribution in [0, 0.1) is 13.8 Å². The summed E-state index contributed by atoms with van der Waals surface area (Å²) >= 11 is 0. The molecule has 1 atom stereocenters. The summed E-state index contributed by atoms with van der Waals surface area (Å²) in [6.45, 7) is 4.69. The summed E-state index contributed by atoms with van der Waals surface area (Å²) in [5.74, 6) is -0.171. The lowest BCUT2D eigenvalue weighted by Crippen LogP contribution is -2.43. The van der Waals surface area contributed by atoms with Crippen LogP contribution in [0.25, 0.3) is 0 Å². The van der Waals surface area contributed by atoms with E-state index < -0.39 is 0 Å². The number of amides is 2. The van der Waals surface area contributed by atoms with E-state index in [9.17, 15) is 9.59 Å². The molecule has 4 rings (SSSR count). The van der Waals surface area contributed by atoms with Gasteiger partial charge in [-0.2, -0.15) is 0 Å². The minimum Gasteiger partial charge on any atom is -0.284 e. The molecule has 1 saturated heterocycles. The molecule has 1 aliphatic heterocycles. The standard InChI is InChI=1S/C22H24N2O2/c1-15-8-11-19(16(2)12-15)24-21(25)13-20(22(24)26)23(18-9-10-18)14-17-6-4-3-5-7-17/h3-8,11-12,18,20H,9-10,13-14H2,1-2H3/t20-/m1/s1. The zero-order valence-electron chi connectivity index (χ0n) is 15.3. The third-order valence-corrected chi connectivity index (χ3v) is 5.34. The normalized spacial score (nSPS) is 20.3. The summed E-state index contributed by atoms with van der Waals surface area (Å²) in [6, 6.07) is 16.1. The highest BCUT2D eigenvalue weighted by Crippen LogP contribution is 2.36. The fourth-order valence-electron chi connectivity index (χ4n) is 3.88. The van der Waals surface area contributed by atoms with Crippen molar-refractivity contribution in [2.45, 2.75) is 51.7 Å². The summed E-state index contributed by atoms with van der Waals surface area (Å²) in [4.78, 5) is 29.5. The minimum atomic E-state index is -0.351. The van der Waals surface area contributed by atoms with E-state index in [-0.39, 0.29) is 24.3 Å². The second-order valence-electron chi connectivity index (χ2n) is 7.47. The summed E-state index contributed by atoms with van der Waals surface area (Å²) in [7, 11) is 0. The SMILES string of the molecule is Cc1ccc(N2C(=O)C[C@@H](N(Cc3ccccc3)C3CC3)C2=O)c(C)c1. The van der Waals surface area contributed by atoms with E-state index in [1.807, 2.05) is 50.2 Å². The predicted octanol–water partition coefficient (Wildman–Crippen LogP) is 3.60. The Hall–Kier alpha value is -2.46. The number of carbonyl (C=O) groups excluding carboxylic acids is 2. The third-order valence-electron chi connectivity index (χ3n) is 5.34. The molecule has 0 unspecified atom stereocenters. The Labute approximate surface area is 154 Å². The smallest absolute Gasteiger partial charge is 0.251 e. The van der Waals surface area contributed by atoms with E-state index in [4.69, 9.17) is 0 Å². The molecule has 0 bridgehead atoms. The molecular formula is C22H24N2O2. The van der Waals surface area contributed by atoms with Gasteiger partial charge in [0.05, 0.1) is 18.2 Å². The summed E-state index contributed by atoms with van der Waals surface area (Å²) in [6.07, 6.45) is 2.48. The van der Waals surface area contributed by atoms with Crippen LogP contribution < -0.4 is 4.90 Å². The molecule has 1 heterocycles. The van der Waals surface area contributed by atoms with Gasteiger partial charge in [-0.3, -0.25) is 14.5 Å². The molecule has 4 nitrogen and oxygen atoms in total. The first-order valence-electron chi connectivity index (χ1n) is 9.28. The van der Waals surface area contributed by atoms with Gasteiger partial charge in [-0.1, -0.05) is 48.0 Å². The predicted molar refractivity (Wildman–Crippen MR) is 102 cm³/mol. The molecule has 2 fully saturated rings. The second kappa shape index (κ2) is 6.69. The zero-order chi connectivity index (χ0) is 18.3. The zero-order valence-corrected chi connectivity index (χ0v) is 15.3. The van der Waals surface area contributed by atoms with Crippen molar-refractivity contribution in [3.63, 3.8) is 0 Å². The van der Waals surface area contributed by atoms with Crippen molar-refractivity contribution in [3.8, 4) is 0 Å². The molecule has 2 amide bonds. The Kier molecular flexibility index (Phi) is 4.37. The molecule has 2 aromatic carbocycles. The number of benzene rings is 2. The number of imide groups is 1. The fraction of sp³-hybridized carbons (Fsp3) is 0.364. The molecule has 0 aromatic heterocycles. The molecule has 2 aromatic rings. The van der Waals surface area contributed by atoms with Gasteiger partial charge in [0, 0.05) is 12.6 Å². The van der Waals surface area contributed by atoms with Crippen LogP contribution in [0.4, 0.5) is 5.69 Å². The monoisotopic (exact) mass is 348 g/mol. The second-order valence-corrected chi connectivity index (χ2v) is 7.47. The first-order valence-corrected chi connectivity index (χ1v) is 9.28. The number of rotatable bonds is 5. The van der Waals surface area contributed by atoms with E-state index in [0.717, 1.165) is 36.2 Å². The van der Waals surface area contributed by atoms with Crippen molar-refractivity contribution in [2.24, 2.45) is 0 Å². The van der Waals surface area contributed by atoms with Crippen molar-refractivity contribution in [2.75, 3.05) is 4.90 Å². The van der Waals surface area contributed by atoms with Crippen molar-refractivity contribution < 1.29 is 9.59 Å². The van der Waals surface area contributed by atoms with Crippen molar-refractivity contribution in [3.05, 3.63) is 65.2 Å². The van der Waals surface area contributed by atoms with Crippen LogP contribution in [0.15, 0.2) is 48.5 Å². The van der Waals surface area contributed by atoms with E-state index in [1.165, 1.54) is 10.5 Å². The van der Waals surface area contributed by atoms with E-state index in [0.29, 0.717) is 6.04 Å². The van der Waals surface area contributed by atoms with Gasteiger partial charge in [-0.15, -0.1) is 0 Å². The number of anilines is 1. The maximum absolute atomic E-state index is 13.2. The van der Waals surface area contributed by atoms with E-state index in [1.54, 1.807) is 0 Å². The highest BCUT2D eigenvalue weighted by Gasteiger charge is 2.46. The fourth-order valence-corrected chi connectivity index (χ4v) is 3.88. The highest BCUT2D eigenvalue weighted by molar-refractivity contribution is 6.22. The molecule has 0 N–H and O–H groups in total. The van der Waals surface area contributed by atoms with Crippen LogP contribution in [0.3, 0.4) is 0 Å². The van der Waals surface area contributed by atoms with Gasteiger partial charge in [0.1, 0.15) is 0 Å². The van der Waals surface area contributed by atoms with Crippen molar-refractivity contribution in [1.29, 1.82) is 0 Å². The van der Waals surface area contributed by atoms with Crippen LogP contribution >= 0.6 is 0 Å². The first kappa shape index (κ1) is 17.0. The largest absolute Gasteiger partial charge is 0.284 e. The Morgan fingerprint density at radius 1 is 1.04 bits per heavy atom. The quantitative estimate of drug-likeness (QED) is 0.775. The Bertz CT molecular complexity index is 842. The summed E-state index contributed by atoms with van der Waals surface area (Å²) < 4.78 is 0. The third kappa shape index (κ3) is 3.17. The van der Waals surface area contributed by atoms with Crippen LogP contribution in [-0.4, -0.2) is 28.8 Å². The number of aryl methyl sites for hydroxylation is 2. The van der Waals surface area contributed by atoms with Crippen LogP contribution in [0.1, 0.15) is 36.0 Å². The number of hydrogen-bond donors (Lipinski definition) is 0. The molecule has 0 spiro atoms. The van der Waals surface area contributed by atoms with Crippen LogP contribution in [0.5, 0.6) is 0 Å². The van der Waals surface area contributed by atoms with Crippen LogP contribution in [-0.2, 0) is 16.1 Å². The van der Waals surface area contributed by atoms with Gasteiger partial charge in [0.25, 0.3) is 5.91 Å². The molecule has 1 saturated carbocycles. The average Bonchev–Trinajstić information content (AvgIpc) is 3.41. The molecule has 134 valence electrons. The van der Waals surface area contributed by atoms with Gasteiger partial charge in [-0.05, 0) is 43.9 Å². The maximum atomic E-state index is 13.2. The first-order chi connectivity index (χ1) is 12.5. The Morgan fingerprint density at radius 2 is 1.77 bits per heavy atom. The van der Waals surface area contributed by atoms with Gasteiger partial charge >= 0.3 is 0 Å². The van der Waals surface area contributed by atoms with Gasteiger partial charge in [-0.25, -0.2) is 4.90 Å². The van der Waals surface area contributed by atoms with Gasteiger partial charge < -0.3 is 0 Å². The Morgan fingerprint density at radius 3 is 2.42 bits per heavy atom. The highest BCUT2D eigenvalue weighted by atomic mass is 16.2. The molecule has 26 heavy (non-hydrogen) atoms. The van der Waals surface area contributed by atoms with Crippen LogP contribution in [0.2, 0.25) is 0 Å². The number of nitrogens with zero attached hydrogens (tertiary/aromatic N) is 2. The lowest BCUT2D eigenvalue weighted by Gasteiger charge is -2.27. The maximum Gasteiger partial charge on any atom is 0.251 e.